The van der Waals surface area contributed by atoms with Gasteiger partial charge in [-0.05, 0) is 23.6 Å². The van der Waals surface area contributed by atoms with Crippen LogP contribution in [-0.4, -0.2) is 10.8 Å². The van der Waals surface area contributed by atoms with Gasteiger partial charge in [0.25, 0.3) is 11.6 Å². The van der Waals surface area contributed by atoms with Gasteiger partial charge in [0.15, 0.2) is 0 Å². The zero-order valence-electron chi connectivity index (χ0n) is 14.4. The minimum absolute atomic E-state index is 0.0930. The van der Waals surface area contributed by atoms with Crippen LogP contribution in [0.2, 0.25) is 0 Å². The van der Waals surface area contributed by atoms with Crippen molar-refractivity contribution < 1.29 is 9.72 Å². The number of nitro groups is 1. The number of nitrogens with zero attached hydrogens (tertiary/aromatic N) is 2. The summed E-state index contributed by atoms with van der Waals surface area (Å²) in [6, 6.07) is 17.0. The number of nitrogens with one attached hydrogen (secondary N) is 1. The SMILES string of the molecule is CCC[C@H](NC(=O)/C(C#N)=C/c1cccc([N+](=O)[O-])c1)c1ccccc1. The van der Waals surface area contributed by atoms with E-state index in [0.29, 0.717) is 5.56 Å². The second-order valence-electron chi connectivity index (χ2n) is 5.75. The van der Waals surface area contributed by atoms with Gasteiger partial charge >= 0.3 is 0 Å². The smallest absolute Gasteiger partial charge is 0.270 e. The molecule has 0 saturated carbocycles. The molecule has 0 unspecified atom stereocenters. The Morgan fingerprint density at radius 1 is 1.27 bits per heavy atom. The van der Waals surface area contributed by atoms with Gasteiger partial charge in [-0.1, -0.05) is 55.8 Å². The third-order valence-corrected chi connectivity index (χ3v) is 3.84. The van der Waals surface area contributed by atoms with Crippen LogP contribution in [-0.2, 0) is 4.79 Å². The lowest BCUT2D eigenvalue weighted by Crippen LogP contribution is -2.29. The summed E-state index contributed by atoms with van der Waals surface area (Å²) in [5, 5.41) is 23.1. The van der Waals surface area contributed by atoms with Gasteiger partial charge in [0.1, 0.15) is 11.6 Å². The number of hydrogen-bond acceptors (Lipinski definition) is 4. The molecule has 2 rings (SSSR count). The molecule has 0 aliphatic heterocycles. The summed E-state index contributed by atoms with van der Waals surface area (Å²) in [7, 11) is 0. The molecule has 6 nitrogen and oxygen atoms in total. The molecule has 0 fully saturated rings. The number of benzene rings is 2. The van der Waals surface area contributed by atoms with Crippen LogP contribution in [0.3, 0.4) is 0 Å². The summed E-state index contributed by atoms with van der Waals surface area (Å²) in [6.45, 7) is 2.02. The summed E-state index contributed by atoms with van der Waals surface area (Å²) in [6.07, 6.45) is 2.97. The normalized spacial score (nSPS) is 12.1. The average molecular weight is 349 g/mol. The first-order valence-corrected chi connectivity index (χ1v) is 8.27. The Balaban J connectivity index is 2.23. The molecule has 0 heterocycles. The van der Waals surface area contributed by atoms with Gasteiger partial charge in [0, 0.05) is 12.1 Å². The summed E-state index contributed by atoms with van der Waals surface area (Å²) in [5.41, 5.74) is 1.21. The third kappa shape index (κ3) is 5.02. The first kappa shape index (κ1) is 18.9. The van der Waals surface area contributed by atoms with Crippen molar-refractivity contribution in [3.05, 3.63) is 81.4 Å². The Labute approximate surface area is 151 Å². The van der Waals surface area contributed by atoms with Crippen LogP contribution < -0.4 is 5.32 Å². The molecule has 0 aliphatic carbocycles. The summed E-state index contributed by atoms with van der Waals surface area (Å²) >= 11 is 0. The van der Waals surface area contributed by atoms with Crippen molar-refractivity contribution in [3.63, 3.8) is 0 Å². The van der Waals surface area contributed by atoms with Crippen LogP contribution in [0, 0.1) is 21.4 Å². The molecular weight excluding hydrogens is 330 g/mol. The fraction of sp³-hybridized carbons (Fsp3) is 0.200. The number of rotatable bonds is 7. The van der Waals surface area contributed by atoms with Gasteiger partial charge < -0.3 is 5.32 Å². The van der Waals surface area contributed by atoms with Crippen molar-refractivity contribution in [2.24, 2.45) is 0 Å². The van der Waals surface area contributed by atoms with Crippen LogP contribution in [0.4, 0.5) is 5.69 Å². The van der Waals surface area contributed by atoms with Gasteiger partial charge in [-0.3, -0.25) is 14.9 Å². The van der Waals surface area contributed by atoms with E-state index in [0.717, 1.165) is 18.4 Å². The topological polar surface area (TPSA) is 96.0 Å². The van der Waals surface area contributed by atoms with Crippen LogP contribution in [0.1, 0.15) is 36.9 Å². The van der Waals surface area contributed by atoms with Gasteiger partial charge in [0.05, 0.1) is 11.0 Å². The van der Waals surface area contributed by atoms with E-state index < -0.39 is 10.8 Å². The first-order chi connectivity index (χ1) is 12.5. The molecule has 1 atom stereocenters. The highest BCUT2D eigenvalue weighted by atomic mass is 16.6. The van der Waals surface area contributed by atoms with E-state index in [4.69, 9.17) is 0 Å². The molecule has 0 saturated heterocycles. The molecule has 0 aromatic heterocycles. The quantitative estimate of drug-likeness (QED) is 0.351. The maximum Gasteiger partial charge on any atom is 0.270 e. The van der Waals surface area contributed by atoms with E-state index in [-0.39, 0.29) is 17.3 Å². The predicted octanol–water partition coefficient (Wildman–Crippen LogP) is 4.16. The third-order valence-electron chi connectivity index (χ3n) is 3.84. The summed E-state index contributed by atoms with van der Waals surface area (Å²) in [5.74, 6) is -0.499. The Morgan fingerprint density at radius 3 is 2.62 bits per heavy atom. The van der Waals surface area contributed by atoms with Gasteiger partial charge in [-0.15, -0.1) is 0 Å². The van der Waals surface area contributed by atoms with Crippen LogP contribution in [0.5, 0.6) is 0 Å². The van der Waals surface area contributed by atoms with Gasteiger partial charge in [-0.2, -0.15) is 5.26 Å². The van der Waals surface area contributed by atoms with Crippen LogP contribution >= 0.6 is 0 Å². The van der Waals surface area contributed by atoms with Crippen LogP contribution in [0.15, 0.2) is 60.2 Å². The minimum Gasteiger partial charge on any atom is -0.345 e. The molecule has 2 aromatic rings. The van der Waals surface area contributed by atoms with Crippen molar-refractivity contribution in [2.45, 2.75) is 25.8 Å². The number of nitro benzene ring substituents is 1. The molecule has 2 aromatic carbocycles. The standard InChI is InChI=1S/C20H19N3O3/c1-2-7-19(16-9-4-3-5-10-16)22-20(24)17(14-21)12-15-8-6-11-18(13-15)23(25)26/h3-6,8-13,19H,2,7H2,1H3,(H,22,24)/b17-12+/t19-/m0/s1. The van der Waals surface area contributed by atoms with E-state index in [1.165, 1.54) is 24.3 Å². The number of carbonyl (C=O) groups excluding carboxylic acids is 1. The number of amides is 1. The van der Waals surface area contributed by atoms with Crippen molar-refractivity contribution in [2.75, 3.05) is 0 Å². The molecule has 0 aliphatic rings. The number of nitriles is 1. The zero-order chi connectivity index (χ0) is 18.9. The van der Waals surface area contributed by atoms with Crippen LogP contribution in [0.25, 0.3) is 6.08 Å². The monoisotopic (exact) mass is 349 g/mol. The Hall–Kier alpha value is -3.46. The van der Waals surface area contributed by atoms with Crippen molar-refractivity contribution in [1.29, 1.82) is 5.26 Å². The fourth-order valence-corrected chi connectivity index (χ4v) is 2.58. The molecule has 1 amide bonds. The summed E-state index contributed by atoms with van der Waals surface area (Å²) in [4.78, 5) is 22.9. The lowest BCUT2D eigenvalue weighted by atomic mass is 10.0. The number of non-ortho nitro benzene ring substituents is 1. The fourth-order valence-electron chi connectivity index (χ4n) is 2.58. The first-order valence-electron chi connectivity index (χ1n) is 8.27. The molecule has 26 heavy (non-hydrogen) atoms. The largest absolute Gasteiger partial charge is 0.345 e. The molecule has 0 spiro atoms. The predicted molar refractivity (Wildman–Crippen MR) is 98.9 cm³/mol. The van der Waals surface area contributed by atoms with E-state index in [1.807, 2.05) is 43.3 Å². The number of carbonyl (C=O) groups is 1. The lowest BCUT2D eigenvalue weighted by Gasteiger charge is -2.18. The highest BCUT2D eigenvalue weighted by Gasteiger charge is 2.17. The molecular formula is C20H19N3O3. The highest BCUT2D eigenvalue weighted by molar-refractivity contribution is 6.01. The summed E-state index contributed by atoms with van der Waals surface area (Å²) < 4.78 is 0. The van der Waals surface area contributed by atoms with E-state index >= 15 is 0 Å². The van der Waals surface area contributed by atoms with E-state index in [9.17, 15) is 20.2 Å². The maximum absolute atomic E-state index is 12.5. The molecule has 6 heteroatoms. The molecule has 0 bridgehead atoms. The van der Waals surface area contributed by atoms with Gasteiger partial charge in [-0.25, -0.2) is 0 Å². The lowest BCUT2D eigenvalue weighted by molar-refractivity contribution is -0.384. The Bertz CT molecular complexity index is 854. The zero-order valence-corrected chi connectivity index (χ0v) is 14.4. The number of hydrogen-bond donors (Lipinski definition) is 1. The molecule has 1 N–H and O–H groups in total. The van der Waals surface area contributed by atoms with Crippen molar-refractivity contribution in [1.82, 2.24) is 5.32 Å². The van der Waals surface area contributed by atoms with E-state index in [2.05, 4.69) is 5.32 Å². The second-order valence-corrected chi connectivity index (χ2v) is 5.75. The maximum atomic E-state index is 12.5. The molecule has 0 radical (unpaired) electrons. The van der Waals surface area contributed by atoms with E-state index in [1.54, 1.807) is 6.07 Å². The second kappa shape index (κ2) is 9.14. The van der Waals surface area contributed by atoms with Crippen molar-refractivity contribution in [3.8, 4) is 6.07 Å². The molecule has 132 valence electrons. The highest BCUT2D eigenvalue weighted by Crippen LogP contribution is 2.20. The van der Waals surface area contributed by atoms with Gasteiger partial charge in [0.2, 0.25) is 0 Å². The van der Waals surface area contributed by atoms with Crippen molar-refractivity contribution >= 4 is 17.7 Å². The Kier molecular flexibility index (Phi) is 6.63. The minimum atomic E-state index is -0.518. The Morgan fingerprint density at radius 2 is 2.00 bits per heavy atom. The average Bonchev–Trinajstić information content (AvgIpc) is 2.66.